The van der Waals surface area contributed by atoms with Crippen LogP contribution in [0.15, 0.2) is 4.99 Å². The molecule has 0 heterocycles. The van der Waals surface area contributed by atoms with Crippen molar-refractivity contribution in [3.63, 3.8) is 0 Å². The number of thiol groups is 1. The lowest BCUT2D eigenvalue weighted by Gasteiger charge is -1.83. The lowest BCUT2D eigenvalue weighted by Crippen LogP contribution is -1.96. The van der Waals surface area contributed by atoms with E-state index in [1.54, 1.807) is 7.05 Å². The summed E-state index contributed by atoms with van der Waals surface area (Å²) in [6.07, 6.45) is 0. The van der Waals surface area contributed by atoms with E-state index in [0.717, 1.165) is 11.4 Å². The first-order chi connectivity index (χ1) is 2.81. The van der Waals surface area contributed by atoms with Gasteiger partial charge in [-0.05, 0) is 5.61 Å². The van der Waals surface area contributed by atoms with Crippen molar-refractivity contribution in [3.8, 4) is 0 Å². The highest BCUT2D eigenvalue weighted by Crippen LogP contribution is 1.72. The van der Waals surface area contributed by atoms with Gasteiger partial charge in [-0.25, -0.2) is 0 Å². The van der Waals surface area contributed by atoms with Crippen molar-refractivity contribution in [2.45, 2.75) is 0 Å². The molecule has 0 radical (unpaired) electrons. The SMILES string of the molecule is BC(CS)=NC. The summed E-state index contributed by atoms with van der Waals surface area (Å²) in [6.45, 7) is 0. The van der Waals surface area contributed by atoms with Crippen LogP contribution in [0, 0.1) is 0 Å². The van der Waals surface area contributed by atoms with E-state index in [1.807, 2.05) is 7.85 Å². The quantitative estimate of drug-likeness (QED) is 0.261. The van der Waals surface area contributed by atoms with Crippen LogP contribution in [0.3, 0.4) is 0 Å². The predicted molar refractivity (Wildman–Crippen MR) is 35.8 cm³/mol. The summed E-state index contributed by atoms with van der Waals surface area (Å²) in [5, 5.41) is 0. The van der Waals surface area contributed by atoms with E-state index in [0.29, 0.717) is 0 Å². The second-order valence-corrected chi connectivity index (χ2v) is 1.43. The molecular formula is C3H8BNS. The Bertz CT molecular complexity index is 61.8. The molecule has 0 N–H and O–H groups in total. The lowest BCUT2D eigenvalue weighted by molar-refractivity contribution is 1.45. The van der Waals surface area contributed by atoms with Crippen molar-refractivity contribution >= 4 is 26.1 Å². The summed E-state index contributed by atoms with van der Waals surface area (Å²) < 4.78 is 0. The first-order valence-electron chi connectivity index (χ1n) is 1.84. The molecule has 0 saturated heterocycles. The second-order valence-electron chi connectivity index (χ2n) is 1.12. The first kappa shape index (κ1) is 6.08. The van der Waals surface area contributed by atoms with E-state index in [-0.39, 0.29) is 0 Å². The molecule has 0 fully saturated rings. The van der Waals surface area contributed by atoms with Crippen LogP contribution >= 0.6 is 12.6 Å². The van der Waals surface area contributed by atoms with Crippen LogP contribution in [0.25, 0.3) is 0 Å². The number of nitrogens with zero attached hydrogens (tertiary/aromatic N) is 1. The van der Waals surface area contributed by atoms with E-state index in [9.17, 15) is 0 Å². The fourth-order valence-corrected chi connectivity index (χ4v) is 0.212. The molecule has 0 aromatic carbocycles. The van der Waals surface area contributed by atoms with Gasteiger partial charge in [-0.15, -0.1) is 0 Å². The average Bonchev–Trinajstić information content (AvgIpc) is 1.65. The number of hydrogen-bond donors (Lipinski definition) is 1. The van der Waals surface area contributed by atoms with Crippen LogP contribution in [-0.2, 0) is 0 Å². The van der Waals surface area contributed by atoms with E-state index < -0.39 is 0 Å². The Balaban J connectivity index is 3.22. The molecule has 0 aromatic heterocycles. The minimum absolute atomic E-state index is 0.774. The topological polar surface area (TPSA) is 12.4 Å². The summed E-state index contributed by atoms with van der Waals surface area (Å²) in [6, 6.07) is 0. The minimum Gasteiger partial charge on any atom is -0.307 e. The van der Waals surface area contributed by atoms with E-state index in [2.05, 4.69) is 17.6 Å². The summed E-state index contributed by atoms with van der Waals surface area (Å²) >= 11 is 3.96. The van der Waals surface area contributed by atoms with E-state index >= 15 is 0 Å². The highest BCUT2D eigenvalue weighted by Gasteiger charge is 1.76. The maximum Gasteiger partial charge on any atom is 0.158 e. The Kier molecular flexibility index (Phi) is 3.33. The third-order valence-electron chi connectivity index (χ3n) is 0.611. The fraction of sp³-hybridized carbons (Fsp3) is 0.667. The van der Waals surface area contributed by atoms with E-state index in [1.165, 1.54) is 0 Å². The molecule has 0 rings (SSSR count). The predicted octanol–water partition coefficient (Wildman–Crippen LogP) is -0.422. The zero-order chi connectivity index (χ0) is 4.99. The van der Waals surface area contributed by atoms with Crippen molar-refractivity contribution in [2.75, 3.05) is 12.8 Å². The molecule has 0 aliphatic heterocycles. The Morgan fingerprint density at radius 3 is 2.50 bits per heavy atom. The van der Waals surface area contributed by atoms with Crippen LogP contribution in [0.4, 0.5) is 0 Å². The Labute approximate surface area is 44.7 Å². The molecule has 0 spiro atoms. The number of hydrogen-bond acceptors (Lipinski definition) is 2. The molecule has 34 valence electrons. The zero-order valence-electron chi connectivity index (χ0n) is 4.10. The molecule has 0 aromatic rings. The largest absolute Gasteiger partial charge is 0.307 e. The van der Waals surface area contributed by atoms with Gasteiger partial charge in [0, 0.05) is 12.8 Å². The van der Waals surface area contributed by atoms with Crippen molar-refractivity contribution in [1.82, 2.24) is 0 Å². The molecule has 0 amide bonds. The lowest BCUT2D eigenvalue weighted by atomic mass is 10.0. The monoisotopic (exact) mass is 101 g/mol. The van der Waals surface area contributed by atoms with Crippen molar-refractivity contribution in [2.24, 2.45) is 4.99 Å². The Hall–Kier alpha value is 0.0849. The van der Waals surface area contributed by atoms with Crippen molar-refractivity contribution < 1.29 is 0 Å². The smallest absolute Gasteiger partial charge is 0.158 e. The molecular weight excluding hydrogens is 92.9 g/mol. The van der Waals surface area contributed by atoms with Gasteiger partial charge in [0.15, 0.2) is 7.85 Å². The first-order valence-corrected chi connectivity index (χ1v) is 2.47. The number of aliphatic imine (C=N–C) groups is 1. The fourth-order valence-electron chi connectivity index (χ4n) is 0.0707. The third kappa shape index (κ3) is 2.33. The molecule has 0 aliphatic carbocycles. The average molecular weight is 101 g/mol. The highest BCUT2D eigenvalue weighted by atomic mass is 32.1. The molecule has 0 bridgehead atoms. The van der Waals surface area contributed by atoms with E-state index in [4.69, 9.17) is 0 Å². The molecule has 0 aliphatic rings. The minimum atomic E-state index is 0.774. The Morgan fingerprint density at radius 1 is 2.00 bits per heavy atom. The standard InChI is InChI=1S/C3H8BNS/c1-5-3(4)2-6/h6H,2,4H2,1H3. The van der Waals surface area contributed by atoms with Crippen LogP contribution in [-0.4, -0.2) is 26.3 Å². The van der Waals surface area contributed by atoms with Gasteiger partial charge in [0.05, 0.1) is 0 Å². The van der Waals surface area contributed by atoms with Crippen molar-refractivity contribution in [1.29, 1.82) is 0 Å². The van der Waals surface area contributed by atoms with Gasteiger partial charge < -0.3 is 4.99 Å². The molecule has 0 saturated carbocycles. The van der Waals surface area contributed by atoms with Crippen molar-refractivity contribution in [3.05, 3.63) is 0 Å². The zero-order valence-corrected chi connectivity index (χ0v) is 5.00. The van der Waals surface area contributed by atoms with Gasteiger partial charge in [-0.1, -0.05) is 0 Å². The van der Waals surface area contributed by atoms with Gasteiger partial charge in [0.2, 0.25) is 0 Å². The van der Waals surface area contributed by atoms with Gasteiger partial charge in [0.25, 0.3) is 0 Å². The summed E-state index contributed by atoms with van der Waals surface area (Å²) in [7, 11) is 3.72. The molecule has 6 heavy (non-hydrogen) atoms. The van der Waals surface area contributed by atoms with Crippen LogP contribution < -0.4 is 0 Å². The molecule has 3 heteroatoms. The van der Waals surface area contributed by atoms with Crippen LogP contribution in [0.5, 0.6) is 0 Å². The maximum absolute atomic E-state index is 3.96. The summed E-state index contributed by atoms with van der Waals surface area (Å²) in [5.74, 6) is 0.774. The maximum atomic E-state index is 3.96. The normalized spacial score (nSPS) is 12.0. The van der Waals surface area contributed by atoms with Gasteiger partial charge >= 0.3 is 0 Å². The molecule has 0 unspecified atom stereocenters. The number of rotatable bonds is 1. The summed E-state index contributed by atoms with van der Waals surface area (Å²) in [5.41, 5.74) is 1.08. The summed E-state index contributed by atoms with van der Waals surface area (Å²) in [4.78, 5) is 3.85. The molecule has 0 atom stereocenters. The van der Waals surface area contributed by atoms with Crippen LogP contribution in [0.2, 0.25) is 0 Å². The third-order valence-corrected chi connectivity index (χ3v) is 1.07. The van der Waals surface area contributed by atoms with Gasteiger partial charge in [0.1, 0.15) is 0 Å². The van der Waals surface area contributed by atoms with Gasteiger partial charge in [-0.3, -0.25) is 0 Å². The molecule has 1 nitrogen and oxygen atoms in total. The highest BCUT2D eigenvalue weighted by molar-refractivity contribution is 7.81. The van der Waals surface area contributed by atoms with Crippen LogP contribution in [0.1, 0.15) is 0 Å². The Morgan fingerprint density at radius 2 is 2.50 bits per heavy atom. The second kappa shape index (κ2) is 3.28. The van der Waals surface area contributed by atoms with Gasteiger partial charge in [-0.2, -0.15) is 12.6 Å².